The van der Waals surface area contributed by atoms with Crippen molar-refractivity contribution in [2.75, 3.05) is 45.9 Å². The van der Waals surface area contributed by atoms with E-state index in [-0.39, 0.29) is 24.0 Å². The van der Waals surface area contributed by atoms with Gasteiger partial charge in [-0.25, -0.2) is 0 Å². The second-order valence-electron chi connectivity index (χ2n) is 7.43. The Morgan fingerprint density at radius 1 is 1.22 bits per heavy atom. The number of ether oxygens (including phenoxy) is 1. The molecular weight excluding hydrogens is 451 g/mol. The summed E-state index contributed by atoms with van der Waals surface area (Å²) >= 11 is 0. The first-order chi connectivity index (χ1) is 12.8. The van der Waals surface area contributed by atoms with Crippen LogP contribution in [-0.2, 0) is 11.2 Å². The molecule has 1 aromatic rings. The van der Waals surface area contributed by atoms with E-state index in [1.54, 1.807) is 0 Å². The molecule has 3 rings (SSSR count). The number of likely N-dealkylation sites (tertiary alicyclic amines) is 1. The number of rotatable bonds is 8. The maximum absolute atomic E-state index is 5.68. The molecule has 152 valence electrons. The Labute approximate surface area is 181 Å². The predicted octanol–water partition coefficient (Wildman–Crippen LogP) is 2.90. The predicted molar refractivity (Wildman–Crippen MR) is 123 cm³/mol. The zero-order chi connectivity index (χ0) is 18.0. The lowest BCUT2D eigenvalue weighted by Gasteiger charge is -2.17. The van der Waals surface area contributed by atoms with Crippen LogP contribution in [0.3, 0.4) is 0 Å². The molecule has 0 radical (unpaired) electrons. The molecule has 1 aromatic carbocycles. The summed E-state index contributed by atoms with van der Waals surface area (Å²) in [5.74, 6) is 1.61. The number of hydrogen-bond acceptors (Lipinski definition) is 3. The van der Waals surface area contributed by atoms with Crippen molar-refractivity contribution < 1.29 is 4.74 Å². The molecular formula is C21H35IN4O. The number of aliphatic imine (C=N–C) groups is 1. The molecule has 27 heavy (non-hydrogen) atoms. The second kappa shape index (κ2) is 12.6. The van der Waals surface area contributed by atoms with Crippen LogP contribution in [-0.4, -0.2) is 62.8 Å². The van der Waals surface area contributed by atoms with Gasteiger partial charge in [0.05, 0.1) is 6.10 Å². The van der Waals surface area contributed by atoms with Crippen LogP contribution in [0.2, 0.25) is 0 Å². The highest BCUT2D eigenvalue weighted by atomic mass is 127. The fraction of sp³-hybridized carbons (Fsp3) is 0.667. The molecule has 0 spiro atoms. The van der Waals surface area contributed by atoms with Crippen molar-refractivity contribution in [3.8, 4) is 0 Å². The largest absolute Gasteiger partial charge is 0.376 e. The smallest absolute Gasteiger partial charge is 0.191 e. The van der Waals surface area contributed by atoms with Crippen LogP contribution >= 0.6 is 24.0 Å². The Morgan fingerprint density at radius 2 is 2.07 bits per heavy atom. The maximum atomic E-state index is 5.68. The molecule has 2 unspecified atom stereocenters. The van der Waals surface area contributed by atoms with Crippen molar-refractivity contribution in [1.29, 1.82) is 0 Å². The minimum Gasteiger partial charge on any atom is -0.376 e. The molecule has 0 saturated carbocycles. The number of benzene rings is 1. The van der Waals surface area contributed by atoms with Crippen LogP contribution in [0.25, 0.3) is 0 Å². The Bertz CT molecular complexity index is 548. The molecule has 0 amide bonds. The average Bonchev–Trinajstić information content (AvgIpc) is 3.35. The number of nitrogens with zero attached hydrogens (tertiary/aromatic N) is 2. The standard InChI is InChI=1S/C21H34N4O.HI/c1-2-22-21(24-16-20-9-6-14-26-20)23-15-19-11-13-25(17-19)12-10-18-7-4-3-5-8-18;/h3-5,7-8,19-20H,2,6,9-17H2,1H3,(H2,22,23,24);1H. The van der Waals surface area contributed by atoms with Gasteiger partial charge in [-0.15, -0.1) is 24.0 Å². The fourth-order valence-corrected chi connectivity index (χ4v) is 3.77. The third kappa shape index (κ3) is 7.95. The zero-order valence-electron chi connectivity index (χ0n) is 16.5. The van der Waals surface area contributed by atoms with E-state index in [1.165, 1.54) is 31.5 Å². The Balaban J connectivity index is 0.00000261. The summed E-state index contributed by atoms with van der Waals surface area (Å²) in [5.41, 5.74) is 1.43. The van der Waals surface area contributed by atoms with Gasteiger partial charge in [0.25, 0.3) is 0 Å². The molecule has 2 atom stereocenters. The molecule has 0 aliphatic carbocycles. The number of hydrogen-bond donors (Lipinski definition) is 2. The van der Waals surface area contributed by atoms with Gasteiger partial charge < -0.3 is 20.3 Å². The molecule has 2 aliphatic rings. The lowest BCUT2D eigenvalue weighted by Crippen LogP contribution is -2.41. The van der Waals surface area contributed by atoms with Crippen LogP contribution in [0.1, 0.15) is 31.7 Å². The summed E-state index contributed by atoms with van der Waals surface area (Å²) in [6, 6.07) is 10.8. The van der Waals surface area contributed by atoms with Gasteiger partial charge in [-0.05, 0) is 50.6 Å². The minimum absolute atomic E-state index is 0. The Hall–Kier alpha value is -0.860. The van der Waals surface area contributed by atoms with Gasteiger partial charge in [-0.2, -0.15) is 0 Å². The molecule has 2 heterocycles. The Kier molecular flexibility index (Phi) is 10.4. The molecule has 0 aromatic heterocycles. The van der Waals surface area contributed by atoms with Crippen molar-refractivity contribution in [3.05, 3.63) is 35.9 Å². The van der Waals surface area contributed by atoms with E-state index in [9.17, 15) is 0 Å². The van der Waals surface area contributed by atoms with E-state index in [4.69, 9.17) is 9.73 Å². The van der Waals surface area contributed by atoms with Crippen molar-refractivity contribution in [2.24, 2.45) is 10.9 Å². The molecule has 2 fully saturated rings. The SMILES string of the molecule is CCNC(=NCC1CCN(CCc2ccccc2)C1)NCC1CCCO1.I. The van der Waals surface area contributed by atoms with Crippen LogP contribution in [0.4, 0.5) is 0 Å². The second-order valence-corrected chi connectivity index (χ2v) is 7.43. The van der Waals surface area contributed by atoms with Gasteiger partial charge >= 0.3 is 0 Å². The minimum atomic E-state index is 0. The molecule has 2 N–H and O–H groups in total. The van der Waals surface area contributed by atoms with E-state index >= 15 is 0 Å². The van der Waals surface area contributed by atoms with E-state index in [1.807, 2.05) is 0 Å². The first kappa shape index (κ1) is 22.4. The third-order valence-electron chi connectivity index (χ3n) is 5.30. The van der Waals surface area contributed by atoms with Gasteiger partial charge in [0.2, 0.25) is 0 Å². The highest BCUT2D eigenvalue weighted by Gasteiger charge is 2.22. The van der Waals surface area contributed by atoms with E-state index < -0.39 is 0 Å². The van der Waals surface area contributed by atoms with E-state index in [0.717, 1.165) is 51.6 Å². The maximum Gasteiger partial charge on any atom is 0.191 e. The number of guanidine groups is 1. The summed E-state index contributed by atoms with van der Waals surface area (Å²) in [6.07, 6.45) is 5.08. The lowest BCUT2D eigenvalue weighted by molar-refractivity contribution is 0.114. The topological polar surface area (TPSA) is 48.9 Å². The van der Waals surface area contributed by atoms with Gasteiger partial charge in [0.15, 0.2) is 5.96 Å². The van der Waals surface area contributed by atoms with Gasteiger partial charge in [-0.3, -0.25) is 4.99 Å². The van der Waals surface area contributed by atoms with Gasteiger partial charge in [0, 0.05) is 39.3 Å². The fourth-order valence-electron chi connectivity index (χ4n) is 3.77. The first-order valence-corrected chi connectivity index (χ1v) is 10.2. The molecule has 5 nitrogen and oxygen atoms in total. The third-order valence-corrected chi connectivity index (χ3v) is 5.30. The van der Waals surface area contributed by atoms with Gasteiger partial charge in [0.1, 0.15) is 0 Å². The average molecular weight is 486 g/mol. The molecule has 6 heteroatoms. The van der Waals surface area contributed by atoms with Crippen LogP contribution in [0.15, 0.2) is 35.3 Å². The molecule has 2 saturated heterocycles. The molecule has 0 bridgehead atoms. The normalized spacial score (nSPS) is 23.2. The monoisotopic (exact) mass is 486 g/mol. The van der Waals surface area contributed by atoms with Crippen LogP contribution in [0.5, 0.6) is 0 Å². The Morgan fingerprint density at radius 3 is 2.81 bits per heavy atom. The molecule has 2 aliphatic heterocycles. The van der Waals surface area contributed by atoms with E-state index in [2.05, 4.69) is 52.8 Å². The zero-order valence-corrected chi connectivity index (χ0v) is 18.9. The van der Waals surface area contributed by atoms with Crippen molar-refractivity contribution in [3.63, 3.8) is 0 Å². The van der Waals surface area contributed by atoms with Crippen LogP contribution in [0, 0.1) is 5.92 Å². The highest BCUT2D eigenvalue weighted by Crippen LogP contribution is 2.17. The van der Waals surface area contributed by atoms with Crippen molar-refractivity contribution >= 4 is 29.9 Å². The van der Waals surface area contributed by atoms with Crippen LogP contribution < -0.4 is 10.6 Å². The highest BCUT2D eigenvalue weighted by molar-refractivity contribution is 14.0. The number of nitrogens with one attached hydrogen (secondary N) is 2. The summed E-state index contributed by atoms with van der Waals surface area (Å²) in [7, 11) is 0. The summed E-state index contributed by atoms with van der Waals surface area (Å²) in [4.78, 5) is 7.40. The summed E-state index contributed by atoms with van der Waals surface area (Å²) < 4.78 is 5.68. The summed E-state index contributed by atoms with van der Waals surface area (Å²) in [6.45, 7) is 9.20. The quantitative estimate of drug-likeness (QED) is 0.337. The van der Waals surface area contributed by atoms with Crippen molar-refractivity contribution in [1.82, 2.24) is 15.5 Å². The van der Waals surface area contributed by atoms with Gasteiger partial charge in [-0.1, -0.05) is 30.3 Å². The number of halogens is 1. The van der Waals surface area contributed by atoms with Crippen molar-refractivity contribution in [2.45, 2.75) is 38.7 Å². The van der Waals surface area contributed by atoms with E-state index in [0.29, 0.717) is 12.0 Å². The first-order valence-electron chi connectivity index (χ1n) is 10.2. The lowest BCUT2D eigenvalue weighted by atomic mass is 10.1. The summed E-state index contributed by atoms with van der Waals surface area (Å²) in [5, 5.41) is 6.80.